The van der Waals surface area contributed by atoms with Crippen LogP contribution in [0.15, 0.2) is 42.5 Å². The molecule has 7 heteroatoms. The Morgan fingerprint density at radius 3 is 2.45 bits per heavy atom. The molecule has 0 N–H and O–H groups in total. The number of aromatic nitrogens is 1. The topological polar surface area (TPSA) is 36.4 Å². The number of nitrogens with zero attached hydrogens (tertiary/aromatic N) is 3. The van der Waals surface area contributed by atoms with Crippen LogP contribution in [0.1, 0.15) is 36.7 Å². The maximum Gasteiger partial charge on any atom is 0.261 e. The normalized spacial score (nSPS) is 10.9. The fraction of sp³-hybridized carbons (Fsp3) is 0.364. The van der Waals surface area contributed by atoms with E-state index in [0.717, 1.165) is 41.4 Å². The second-order valence-corrected chi connectivity index (χ2v) is 8.03. The van der Waals surface area contributed by atoms with Gasteiger partial charge in [0.1, 0.15) is 0 Å². The fourth-order valence-corrected chi connectivity index (χ4v) is 4.41. The van der Waals surface area contributed by atoms with Gasteiger partial charge < -0.3 is 4.90 Å². The van der Waals surface area contributed by atoms with E-state index >= 15 is 0 Å². The van der Waals surface area contributed by atoms with Gasteiger partial charge in [-0.2, -0.15) is 0 Å². The van der Waals surface area contributed by atoms with Crippen LogP contribution in [0.5, 0.6) is 0 Å². The first-order valence-corrected chi connectivity index (χ1v) is 10.9. The van der Waals surface area contributed by atoms with Gasteiger partial charge >= 0.3 is 0 Å². The minimum Gasteiger partial charge on any atom is -0.302 e. The summed E-state index contributed by atoms with van der Waals surface area (Å²) in [6, 6.07) is 13.5. The number of thiazole rings is 1. The van der Waals surface area contributed by atoms with Crippen LogP contribution < -0.4 is 4.90 Å². The molecule has 0 unspecified atom stereocenters. The van der Waals surface area contributed by atoms with Gasteiger partial charge in [-0.05, 0) is 49.3 Å². The van der Waals surface area contributed by atoms with Crippen molar-refractivity contribution in [1.29, 1.82) is 0 Å². The highest BCUT2D eigenvalue weighted by Gasteiger charge is 2.23. The van der Waals surface area contributed by atoms with Gasteiger partial charge in [0.05, 0.1) is 20.8 Å². The molecule has 3 rings (SSSR count). The van der Waals surface area contributed by atoms with Crippen molar-refractivity contribution in [3.63, 3.8) is 0 Å². The lowest BCUT2D eigenvalue weighted by Gasteiger charge is -2.25. The highest BCUT2D eigenvalue weighted by molar-refractivity contribution is 7.22. The predicted octanol–water partition coefficient (Wildman–Crippen LogP) is 5.92. The number of likely N-dealkylation sites (N-methyl/N-ethyl adjacent to an activating group) is 1. The number of anilines is 1. The summed E-state index contributed by atoms with van der Waals surface area (Å²) in [5, 5.41) is 1.19. The maximum atomic E-state index is 13.3. The van der Waals surface area contributed by atoms with E-state index in [4.69, 9.17) is 16.6 Å². The van der Waals surface area contributed by atoms with Gasteiger partial charge in [-0.15, -0.1) is 12.4 Å². The summed E-state index contributed by atoms with van der Waals surface area (Å²) >= 11 is 7.87. The van der Waals surface area contributed by atoms with Gasteiger partial charge in [0.15, 0.2) is 5.13 Å². The second kappa shape index (κ2) is 10.9. The molecule has 0 saturated heterocycles. The molecule has 29 heavy (non-hydrogen) atoms. The zero-order valence-electron chi connectivity index (χ0n) is 17.0. The van der Waals surface area contributed by atoms with Gasteiger partial charge in [0, 0.05) is 13.1 Å². The van der Waals surface area contributed by atoms with Crippen molar-refractivity contribution in [2.75, 3.05) is 31.1 Å². The Balaban J connectivity index is 0.00000300. The van der Waals surface area contributed by atoms with E-state index < -0.39 is 0 Å². The number of carbonyl (C=O) groups excluding carboxylic acids is 1. The van der Waals surface area contributed by atoms with Gasteiger partial charge in [-0.1, -0.05) is 61.9 Å². The van der Waals surface area contributed by atoms with E-state index in [2.05, 4.69) is 37.8 Å². The molecule has 0 spiro atoms. The summed E-state index contributed by atoms with van der Waals surface area (Å²) in [4.78, 5) is 22.2. The summed E-state index contributed by atoms with van der Waals surface area (Å²) in [6.07, 6.45) is 0.980. The smallest absolute Gasteiger partial charge is 0.261 e. The summed E-state index contributed by atoms with van der Waals surface area (Å²) in [5.74, 6) is -0.104. The molecule has 0 aliphatic carbocycles. The third-order valence-corrected chi connectivity index (χ3v) is 6.34. The van der Waals surface area contributed by atoms with E-state index in [1.165, 1.54) is 5.56 Å². The Kier molecular flexibility index (Phi) is 8.90. The standard InChI is InChI=1S/C22H26ClN3OS.ClH/c1-4-16-11-12-19-20(15-16)28-22(24-19)26(14-13-25(5-2)6-3)21(27)17-9-7-8-10-18(17)23;/h7-12,15H,4-6,13-14H2,1-3H3;1H. The van der Waals surface area contributed by atoms with Crippen LogP contribution in [-0.2, 0) is 6.42 Å². The van der Waals surface area contributed by atoms with E-state index in [1.807, 2.05) is 18.2 Å². The highest BCUT2D eigenvalue weighted by Crippen LogP contribution is 2.31. The molecule has 0 saturated carbocycles. The number of amides is 1. The van der Waals surface area contributed by atoms with Crippen LogP contribution in [0.3, 0.4) is 0 Å². The number of aryl methyl sites for hydroxylation is 1. The Bertz CT molecular complexity index is 956. The number of fused-ring (bicyclic) bond motifs is 1. The van der Waals surface area contributed by atoms with Crippen LogP contribution in [0.4, 0.5) is 5.13 Å². The molecule has 0 aliphatic heterocycles. The molecule has 4 nitrogen and oxygen atoms in total. The molecule has 0 fully saturated rings. The van der Waals surface area contributed by atoms with Crippen molar-refractivity contribution in [3.8, 4) is 0 Å². The minimum atomic E-state index is -0.104. The first-order chi connectivity index (χ1) is 13.6. The van der Waals surface area contributed by atoms with Crippen LogP contribution in [0.2, 0.25) is 5.02 Å². The minimum absolute atomic E-state index is 0. The molecule has 156 valence electrons. The van der Waals surface area contributed by atoms with Crippen molar-refractivity contribution >= 4 is 56.6 Å². The zero-order chi connectivity index (χ0) is 20.1. The van der Waals surface area contributed by atoms with Crippen LogP contribution in [0.25, 0.3) is 10.2 Å². The second-order valence-electron chi connectivity index (χ2n) is 6.62. The first-order valence-electron chi connectivity index (χ1n) is 9.75. The van der Waals surface area contributed by atoms with Gasteiger partial charge in [-0.3, -0.25) is 9.69 Å². The molecule has 2 aromatic carbocycles. The Morgan fingerprint density at radius 2 is 1.79 bits per heavy atom. The van der Waals surface area contributed by atoms with E-state index in [1.54, 1.807) is 28.4 Å². The summed E-state index contributed by atoms with van der Waals surface area (Å²) in [5.41, 5.74) is 2.71. The van der Waals surface area contributed by atoms with Gasteiger partial charge in [0.2, 0.25) is 0 Å². The van der Waals surface area contributed by atoms with Crippen molar-refractivity contribution < 1.29 is 4.79 Å². The van der Waals surface area contributed by atoms with Gasteiger partial charge in [0.25, 0.3) is 5.91 Å². The summed E-state index contributed by atoms with van der Waals surface area (Å²) < 4.78 is 1.11. The van der Waals surface area contributed by atoms with Crippen molar-refractivity contribution in [3.05, 3.63) is 58.6 Å². The monoisotopic (exact) mass is 451 g/mol. The molecule has 0 radical (unpaired) electrons. The molecular weight excluding hydrogens is 425 g/mol. The van der Waals surface area contributed by atoms with E-state index in [9.17, 15) is 4.79 Å². The zero-order valence-corrected chi connectivity index (χ0v) is 19.4. The number of rotatable bonds is 8. The molecule has 0 aliphatic rings. The van der Waals surface area contributed by atoms with Crippen molar-refractivity contribution in [2.24, 2.45) is 0 Å². The average Bonchev–Trinajstić information content (AvgIpc) is 3.14. The largest absolute Gasteiger partial charge is 0.302 e. The fourth-order valence-electron chi connectivity index (χ4n) is 3.14. The average molecular weight is 452 g/mol. The quantitative estimate of drug-likeness (QED) is 0.426. The first kappa shape index (κ1) is 23.6. The van der Waals surface area contributed by atoms with Crippen LogP contribution in [-0.4, -0.2) is 42.0 Å². The van der Waals surface area contributed by atoms with Gasteiger partial charge in [-0.25, -0.2) is 4.98 Å². The number of hydrogen-bond acceptors (Lipinski definition) is 4. The molecular formula is C22H27Cl2N3OS. The summed E-state index contributed by atoms with van der Waals surface area (Å²) in [7, 11) is 0. The number of halogens is 2. The lowest BCUT2D eigenvalue weighted by atomic mass is 10.2. The molecule has 0 atom stereocenters. The number of carbonyl (C=O) groups is 1. The van der Waals surface area contributed by atoms with E-state index in [0.29, 0.717) is 17.1 Å². The third-order valence-electron chi connectivity index (χ3n) is 4.96. The lowest BCUT2D eigenvalue weighted by molar-refractivity contribution is 0.0984. The van der Waals surface area contributed by atoms with Crippen molar-refractivity contribution in [2.45, 2.75) is 27.2 Å². The molecule has 0 bridgehead atoms. The molecule has 1 heterocycles. The van der Waals surface area contributed by atoms with E-state index in [-0.39, 0.29) is 18.3 Å². The van der Waals surface area contributed by atoms with Crippen molar-refractivity contribution in [1.82, 2.24) is 9.88 Å². The number of hydrogen-bond donors (Lipinski definition) is 0. The predicted molar refractivity (Wildman–Crippen MR) is 127 cm³/mol. The van der Waals surface area contributed by atoms with Crippen LogP contribution >= 0.6 is 35.3 Å². The maximum absolute atomic E-state index is 13.3. The highest BCUT2D eigenvalue weighted by atomic mass is 35.5. The molecule has 3 aromatic rings. The Hall–Kier alpha value is -1.66. The Labute approximate surface area is 187 Å². The van der Waals surface area contributed by atoms with Crippen LogP contribution in [0, 0.1) is 0 Å². The molecule has 1 aromatic heterocycles. The number of benzene rings is 2. The lowest BCUT2D eigenvalue weighted by Crippen LogP contribution is -2.39. The third kappa shape index (κ3) is 5.48. The molecule has 1 amide bonds. The summed E-state index contributed by atoms with van der Waals surface area (Å²) in [6.45, 7) is 9.67. The SMILES string of the molecule is CCc1ccc2nc(N(CCN(CC)CC)C(=O)c3ccccc3Cl)sc2c1.Cl. The Morgan fingerprint density at radius 1 is 1.07 bits per heavy atom.